The Morgan fingerprint density at radius 1 is 1.18 bits per heavy atom. The summed E-state index contributed by atoms with van der Waals surface area (Å²) in [5.41, 5.74) is 0.164. The van der Waals surface area contributed by atoms with Gasteiger partial charge in [-0.05, 0) is 24.5 Å². The second-order valence-electron chi connectivity index (χ2n) is 4.43. The van der Waals surface area contributed by atoms with Gasteiger partial charge in [0.2, 0.25) is 0 Å². The molecule has 4 heteroatoms. The predicted molar refractivity (Wildman–Crippen MR) is 68.8 cm³/mol. The maximum atomic E-state index is 13.6. The summed E-state index contributed by atoms with van der Waals surface area (Å²) in [5, 5.41) is 0. The van der Waals surface area contributed by atoms with Crippen LogP contribution < -0.4 is 0 Å². The van der Waals surface area contributed by atoms with Crippen LogP contribution in [0.25, 0.3) is 0 Å². The van der Waals surface area contributed by atoms with Gasteiger partial charge in [-0.25, -0.2) is 8.78 Å². The van der Waals surface area contributed by atoms with Gasteiger partial charge < -0.3 is 0 Å². The van der Waals surface area contributed by atoms with Crippen LogP contribution in [0.4, 0.5) is 8.78 Å². The van der Waals surface area contributed by atoms with Crippen LogP contribution in [0.1, 0.15) is 25.3 Å². The molecule has 0 unspecified atom stereocenters. The second kappa shape index (κ2) is 6.55. The Hall–Kier alpha value is -0.340. The lowest BCUT2D eigenvalue weighted by Gasteiger charge is -2.29. The van der Waals surface area contributed by atoms with Crippen molar-refractivity contribution in [1.29, 1.82) is 0 Å². The fourth-order valence-corrected chi connectivity index (χ4v) is 2.69. The largest absolute Gasteiger partial charge is 0.207 e. The number of alkyl halides is 2. The van der Waals surface area contributed by atoms with Crippen LogP contribution in [0, 0.1) is 17.0 Å². The molecule has 0 bridgehead atoms. The Bertz CT molecular complexity index is 362. The van der Waals surface area contributed by atoms with Gasteiger partial charge in [0.15, 0.2) is 0 Å². The lowest BCUT2D eigenvalue weighted by Crippen LogP contribution is -2.28. The molecule has 1 aromatic rings. The summed E-state index contributed by atoms with van der Waals surface area (Å²) in [6.45, 7) is 2.04. The zero-order valence-electron chi connectivity index (χ0n) is 9.78. The van der Waals surface area contributed by atoms with Gasteiger partial charge in [-0.2, -0.15) is 0 Å². The average molecular weight is 281 g/mol. The molecule has 1 rings (SSSR count). The van der Waals surface area contributed by atoms with E-state index in [2.05, 4.69) is 0 Å². The zero-order chi connectivity index (χ0) is 12.9. The quantitative estimate of drug-likeness (QED) is 0.659. The monoisotopic (exact) mass is 280 g/mol. The van der Waals surface area contributed by atoms with E-state index >= 15 is 0 Å². The Kier molecular flexibility index (Phi) is 5.68. The first kappa shape index (κ1) is 14.7. The molecular formula is C13H16Cl2F2. The zero-order valence-corrected chi connectivity index (χ0v) is 11.3. The highest BCUT2D eigenvalue weighted by Gasteiger charge is 2.28. The van der Waals surface area contributed by atoms with Crippen molar-refractivity contribution in [2.45, 2.75) is 26.2 Å². The van der Waals surface area contributed by atoms with Gasteiger partial charge in [-0.3, -0.25) is 0 Å². The van der Waals surface area contributed by atoms with Crippen LogP contribution in [0.3, 0.4) is 0 Å². The van der Waals surface area contributed by atoms with Gasteiger partial charge in [0.25, 0.3) is 0 Å². The van der Waals surface area contributed by atoms with E-state index in [1.807, 2.05) is 6.92 Å². The summed E-state index contributed by atoms with van der Waals surface area (Å²) in [4.78, 5) is 0. The molecule has 17 heavy (non-hydrogen) atoms. The summed E-state index contributed by atoms with van der Waals surface area (Å²) in [7, 11) is 0. The first-order valence-electron chi connectivity index (χ1n) is 5.63. The molecule has 0 N–H and O–H groups in total. The minimum Gasteiger partial charge on any atom is -0.207 e. The van der Waals surface area contributed by atoms with Crippen molar-refractivity contribution in [3.8, 4) is 0 Å². The number of hydrogen-bond acceptors (Lipinski definition) is 0. The first-order chi connectivity index (χ1) is 8.06. The van der Waals surface area contributed by atoms with Gasteiger partial charge in [-0.15, -0.1) is 23.2 Å². The van der Waals surface area contributed by atoms with E-state index < -0.39 is 11.6 Å². The molecule has 0 aliphatic heterocycles. The molecule has 0 atom stereocenters. The molecule has 1 aromatic carbocycles. The summed E-state index contributed by atoms with van der Waals surface area (Å²) < 4.78 is 26.4. The van der Waals surface area contributed by atoms with Crippen LogP contribution in [0.15, 0.2) is 18.2 Å². The molecule has 0 aromatic heterocycles. The fourth-order valence-electron chi connectivity index (χ4n) is 1.95. The van der Waals surface area contributed by atoms with Gasteiger partial charge in [0, 0.05) is 23.2 Å². The molecule has 0 aliphatic carbocycles. The standard InChI is InChI=1S/C13H16Cl2F2/c1-2-5-13(8-14,9-15)7-10-3-4-11(16)6-12(10)17/h3-4,6H,2,5,7-9H2,1H3. The third-order valence-corrected chi connectivity index (χ3v) is 4.06. The van der Waals surface area contributed by atoms with Crippen LogP contribution in [0.2, 0.25) is 0 Å². The van der Waals surface area contributed by atoms with E-state index in [1.54, 1.807) is 0 Å². The smallest absolute Gasteiger partial charge is 0.129 e. The lowest BCUT2D eigenvalue weighted by atomic mass is 9.81. The highest BCUT2D eigenvalue weighted by molar-refractivity contribution is 6.21. The highest BCUT2D eigenvalue weighted by atomic mass is 35.5. The van der Waals surface area contributed by atoms with Crippen molar-refractivity contribution in [2.75, 3.05) is 11.8 Å². The summed E-state index contributed by atoms with van der Waals surface area (Å²) in [6, 6.07) is 3.63. The van der Waals surface area contributed by atoms with Crippen molar-refractivity contribution in [2.24, 2.45) is 5.41 Å². The first-order valence-corrected chi connectivity index (χ1v) is 6.69. The molecule has 0 fully saturated rings. The Morgan fingerprint density at radius 2 is 1.82 bits per heavy atom. The van der Waals surface area contributed by atoms with E-state index in [1.165, 1.54) is 12.1 Å². The van der Waals surface area contributed by atoms with Gasteiger partial charge >= 0.3 is 0 Å². The van der Waals surface area contributed by atoms with E-state index in [0.29, 0.717) is 23.7 Å². The van der Waals surface area contributed by atoms with E-state index in [9.17, 15) is 8.78 Å². The third-order valence-electron chi connectivity index (χ3n) is 2.93. The third kappa shape index (κ3) is 3.82. The van der Waals surface area contributed by atoms with Crippen molar-refractivity contribution in [1.82, 2.24) is 0 Å². The number of halogens is 4. The highest BCUT2D eigenvalue weighted by Crippen LogP contribution is 2.32. The van der Waals surface area contributed by atoms with Crippen LogP contribution in [-0.2, 0) is 6.42 Å². The van der Waals surface area contributed by atoms with Crippen LogP contribution in [0.5, 0.6) is 0 Å². The molecule has 0 heterocycles. The molecule has 0 amide bonds. The van der Waals surface area contributed by atoms with E-state index in [0.717, 1.165) is 18.9 Å². The molecule has 0 saturated carbocycles. The lowest BCUT2D eigenvalue weighted by molar-refractivity contribution is 0.335. The normalized spacial score (nSPS) is 11.8. The summed E-state index contributed by atoms with van der Waals surface area (Å²) in [6.07, 6.45) is 2.21. The Morgan fingerprint density at radius 3 is 2.29 bits per heavy atom. The maximum absolute atomic E-state index is 13.6. The summed E-state index contributed by atoms with van der Waals surface area (Å²) >= 11 is 11.9. The number of benzene rings is 1. The number of rotatable bonds is 6. The second-order valence-corrected chi connectivity index (χ2v) is 4.96. The summed E-state index contributed by atoms with van der Waals surface area (Å²) in [5.74, 6) is -0.340. The van der Waals surface area contributed by atoms with Crippen LogP contribution >= 0.6 is 23.2 Å². The average Bonchev–Trinajstić information content (AvgIpc) is 2.32. The van der Waals surface area contributed by atoms with Gasteiger partial charge in [0.05, 0.1) is 0 Å². The maximum Gasteiger partial charge on any atom is 0.129 e. The SMILES string of the molecule is CCCC(CCl)(CCl)Cc1ccc(F)cc1F. The van der Waals surface area contributed by atoms with Crippen molar-refractivity contribution in [3.63, 3.8) is 0 Å². The predicted octanol–water partition coefficient (Wildman–Crippen LogP) is 4.77. The Labute approximate surface area is 111 Å². The fraction of sp³-hybridized carbons (Fsp3) is 0.538. The van der Waals surface area contributed by atoms with Crippen LogP contribution in [-0.4, -0.2) is 11.8 Å². The molecule has 0 spiro atoms. The molecule has 0 saturated heterocycles. The minimum atomic E-state index is -0.566. The minimum absolute atomic E-state index is 0.309. The molecule has 0 aliphatic rings. The van der Waals surface area contributed by atoms with Gasteiger partial charge in [-0.1, -0.05) is 19.4 Å². The molecular weight excluding hydrogens is 265 g/mol. The van der Waals surface area contributed by atoms with Crippen molar-refractivity contribution in [3.05, 3.63) is 35.4 Å². The van der Waals surface area contributed by atoms with E-state index in [4.69, 9.17) is 23.2 Å². The van der Waals surface area contributed by atoms with Gasteiger partial charge in [0.1, 0.15) is 11.6 Å². The topological polar surface area (TPSA) is 0 Å². The van der Waals surface area contributed by atoms with Crippen molar-refractivity contribution < 1.29 is 8.78 Å². The molecule has 0 nitrogen and oxygen atoms in total. The molecule has 96 valence electrons. The number of hydrogen-bond donors (Lipinski definition) is 0. The Balaban J connectivity index is 2.92. The van der Waals surface area contributed by atoms with E-state index in [-0.39, 0.29) is 5.41 Å². The molecule has 0 radical (unpaired) electrons. The van der Waals surface area contributed by atoms with Crippen molar-refractivity contribution >= 4 is 23.2 Å².